The maximum absolute atomic E-state index is 12.0. The van der Waals surface area contributed by atoms with Gasteiger partial charge in [0, 0.05) is 0 Å². The van der Waals surface area contributed by atoms with Crippen LogP contribution in [0.5, 0.6) is 0 Å². The molecule has 0 saturated carbocycles. The highest BCUT2D eigenvalue weighted by Gasteiger charge is 2.15. The van der Waals surface area contributed by atoms with E-state index in [-0.39, 0.29) is 0 Å². The largest absolute Gasteiger partial charge is 0.397 e. The van der Waals surface area contributed by atoms with Crippen LogP contribution >= 0.6 is 34.5 Å². The molecular formula is C12H7Cl2N3OS. The topological polar surface area (TPSA) is 78.9 Å². The number of carbonyl (C=O) groups excluding carboxylic acids is 1. The first-order chi connectivity index (χ1) is 9.01. The number of hydrogen-bond donors (Lipinski definition) is 2. The molecule has 0 spiro atoms. The van der Waals surface area contributed by atoms with E-state index in [0.29, 0.717) is 31.2 Å². The van der Waals surface area contributed by atoms with Crippen LogP contribution in [0.25, 0.3) is 0 Å². The van der Waals surface area contributed by atoms with Gasteiger partial charge in [0.25, 0.3) is 5.91 Å². The van der Waals surface area contributed by atoms with E-state index in [1.165, 1.54) is 12.1 Å². The van der Waals surface area contributed by atoms with E-state index in [1.807, 2.05) is 6.07 Å². The summed E-state index contributed by atoms with van der Waals surface area (Å²) in [5.41, 5.74) is 7.19. The van der Waals surface area contributed by atoms with Crippen LogP contribution < -0.4 is 11.1 Å². The first-order valence-electron chi connectivity index (χ1n) is 5.07. The third-order valence-electron chi connectivity index (χ3n) is 2.33. The van der Waals surface area contributed by atoms with Crippen molar-refractivity contribution in [2.75, 3.05) is 11.1 Å². The number of nitrogens with two attached hydrogens (primary N) is 1. The Balaban J connectivity index is 2.25. The van der Waals surface area contributed by atoms with Crippen LogP contribution in [0.4, 0.5) is 11.4 Å². The number of halogens is 2. The van der Waals surface area contributed by atoms with E-state index in [2.05, 4.69) is 5.32 Å². The lowest BCUT2D eigenvalue weighted by molar-refractivity contribution is 0.102. The van der Waals surface area contributed by atoms with E-state index >= 15 is 0 Å². The second-order valence-electron chi connectivity index (χ2n) is 3.61. The first-order valence-corrected chi connectivity index (χ1v) is 6.64. The fourth-order valence-corrected chi connectivity index (χ4v) is 2.89. The van der Waals surface area contributed by atoms with E-state index < -0.39 is 5.91 Å². The van der Waals surface area contributed by atoms with Crippen molar-refractivity contribution in [1.82, 2.24) is 0 Å². The normalized spacial score (nSPS) is 9.95. The summed E-state index contributed by atoms with van der Waals surface area (Å²) in [7, 11) is 0. The highest BCUT2D eigenvalue weighted by molar-refractivity contribution is 7.20. The summed E-state index contributed by atoms with van der Waals surface area (Å²) in [5, 5.41) is 11.4. The van der Waals surface area contributed by atoms with Gasteiger partial charge in [-0.3, -0.25) is 4.79 Å². The van der Waals surface area contributed by atoms with Crippen molar-refractivity contribution in [1.29, 1.82) is 5.26 Å². The van der Waals surface area contributed by atoms with Gasteiger partial charge < -0.3 is 11.1 Å². The average molecular weight is 312 g/mol. The minimum Gasteiger partial charge on any atom is -0.397 e. The molecule has 1 heterocycles. The molecule has 0 fully saturated rings. The minimum absolute atomic E-state index is 0.292. The number of nitrogens with one attached hydrogen (secondary N) is 1. The standard InChI is InChI=1S/C12H7Cl2N3OS/c13-10-4-7(11(14)19-10)12(18)17-9-2-1-6(5-15)3-8(9)16/h1-4H,16H2,(H,17,18). The molecule has 1 aromatic heterocycles. The predicted octanol–water partition coefficient (Wildman–Crippen LogP) is 3.76. The molecule has 3 N–H and O–H groups in total. The van der Waals surface area contributed by atoms with Crippen LogP contribution in [0.1, 0.15) is 15.9 Å². The van der Waals surface area contributed by atoms with Gasteiger partial charge in [-0.15, -0.1) is 11.3 Å². The Morgan fingerprint density at radius 1 is 1.37 bits per heavy atom. The smallest absolute Gasteiger partial charge is 0.258 e. The summed E-state index contributed by atoms with van der Waals surface area (Å²) in [6, 6.07) is 8.06. The number of nitrogens with zero attached hydrogens (tertiary/aromatic N) is 1. The number of nitriles is 1. The van der Waals surface area contributed by atoms with Gasteiger partial charge in [0.05, 0.1) is 32.9 Å². The van der Waals surface area contributed by atoms with Gasteiger partial charge in [-0.05, 0) is 24.3 Å². The van der Waals surface area contributed by atoms with Crippen molar-refractivity contribution in [3.05, 3.63) is 44.1 Å². The van der Waals surface area contributed by atoms with E-state index in [0.717, 1.165) is 11.3 Å². The molecule has 19 heavy (non-hydrogen) atoms. The Bertz CT molecular complexity index is 691. The van der Waals surface area contributed by atoms with Crippen LogP contribution in [-0.2, 0) is 0 Å². The molecule has 1 aromatic carbocycles. The summed E-state index contributed by atoms with van der Waals surface area (Å²) in [6.45, 7) is 0. The predicted molar refractivity (Wildman–Crippen MR) is 77.9 cm³/mol. The van der Waals surface area contributed by atoms with E-state index in [9.17, 15) is 4.79 Å². The number of thiophene rings is 1. The SMILES string of the molecule is N#Cc1ccc(NC(=O)c2cc(Cl)sc2Cl)c(N)c1. The van der Waals surface area contributed by atoms with E-state index in [4.69, 9.17) is 34.2 Å². The lowest BCUT2D eigenvalue weighted by atomic mass is 10.2. The number of rotatable bonds is 2. The maximum Gasteiger partial charge on any atom is 0.258 e. The molecule has 2 rings (SSSR count). The fraction of sp³-hybridized carbons (Fsp3) is 0. The zero-order valence-corrected chi connectivity index (χ0v) is 11.7. The molecule has 4 nitrogen and oxygen atoms in total. The molecule has 2 aromatic rings. The van der Waals surface area contributed by atoms with Crippen LogP contribution in [0.3, 0.4) is 0 Å². The summed E-state index contributed by atoms with van der Waals surface area (Å²) < 4.78 is 0.748. The van der Waals surface area contributed by atoms with Crippen molar-refractivity contribution in [3.63, 3.8) is 0 Å². The molecule has 7 heteroatoms. The van der Waals surface area contributed by atoms with Crippen LogP contribution in [0.15, 0.2) is 24.3 Å². The van der Waals surface area contributed by atoms with Gasteiger partial charge in [0.2, 0.25) is 0 Å². The fourth-order valence-electron chi connectivity index (χ4n) is 1.43. The second-order valence-corrected chi connectivity index (χ2v) is 5.89. The van der Waals surface area contributed by atoms with Gasteiger partial charge in [0.1, 0.15) is 4.34 Å². The highest BCUT2D eigenvalue weighted by Crippen LogP contribution is 2.32. The van der Waals surface area contributed by atoms with Gasteiger partial charge in [-0.25, -0.2) is 0 Å². The van der Waals surface area contributed by atoms with Crippen molar-refractivity contribution >= 4 is 51.8 Å². The Labute approximate surface area is 123 Å². The lowest BCUT2D eigenvalue weighted by Crippen LogP contribution is -2.12. The average Bonchev–Trinajstić information content (AvgIpc) is 2.71. The number of amides is 1. The molecule has 0 aliphatic heterocycles. The molecule has 0 unspecified atom stereocenters. The quantitative estimate of drug-likeness (QED) is 0.829. The maximum atomic E-state index is 12.0. The van der Waals surface area contributed by atoms with Crippen molar-refractivity contribution in [3.8, 4) is 6.07 Å². The molecule has 0 radical (unpaired) electrons. The van der Waals surface area contributed by atoms with Crippen LogP contribution in [0, 0.1) is 11.3 Å². The molecule has 0 bridgehead atoms. The summed E-state index contributed by atoms with van der Waals surface area (Å²) >= 11 is 12.8. The third kappa shape index (κ3) is 2.99. The number of nitrogen functional groups attached to an aromatic ring is 1. The summed E-state index contributed by atoms with van der Waals surface area (Å²) in [5.74, 6) is -0.399. The Kier molecular flexibility index (Phi) is 3.96. The van der Waals surface area contributed by atoms with E-state index in [1.54, 1.807) is 12.1 Å². The van der Waals surface area contributed by atoms with Crippen LogP contribution in [-0.4, -0.2) is 5.91 Å². The number of hydrogen-bond acceptors (Lipinski definition) is 4. The summed E-state index contributed by atoms with van der Waals surface area (Å²) in [6.07, 6.45) is 0. The zero-order chi connectivity index (χ0) is 14.0. The van der Waals surface area contributed by atoms with Crippen molar-refractivity contribution in [2.45, 2.75) is 0 Å². The second kappa shape index (κ2) is 5.49. The molecule has 0 aliphatic carbocycles. The Hall–Kier alpha value is -1.74. The van der Waals surface area contributed by atoms with Gasteiger partial charge in [0.15, 0.2) is 0 Å². The lowest BCUT2D eigenvalue weighted by Gasteiger charge is -2.07. The van der Waals surface area contributed by atoms with Gasteiger partial charge >= 0.3 is 0 Å². The monoisotopic (exact) mass is 311 g/mol. The van der Waals surface area contributed by atoms with Gasteiger partial charge in [-0.1, -0.05) is 23.2 Å². The molecule has 0 atom stereocenters. The molecule has 0 aliphatic rings. The number of carbonyl (C=O) groups is 1. The highest BCUT2D eigenvalue weighted by atomic mass is 35.5. The minimum atomic E-state index is -0.399. The Morgan fingerprint density at radius 3 is 2.63 bits per heavy atom. The van der Waals surface area contributed by atoms with Crippen molar-refractivity contribution < 1.29 is 4.79 Å². The number of benzene rings is 1. The molecule has 96 valence electrons. The van der Waals surface area contributed by atoms with Crippen molar-refractivity contribution in [2.24, 2.45) is 0 Å². The van der Waals surface area contributed by atoms with Gasteiger partial charge in [-0.2, -0.15) is 5.26 Å². The molecule has 0 saturated heterocycles. The third-order valence-corrected chi connectivity index (χ3v) is 3.82. The van der Waals surface area contributed by atoms with Crippen LogP contribution in [0.2, 0.25) is 8.67 Å². The zero-order valence-electron chi connectivity index (χ0n) is 9.41. The molecule has 1 amide bonds. The number of anilines is 2. The first kappa shape index (κ1) is 13.7. The summed E-state index contributed by atoms with van der Waals surface area (Å²) in [4.78, 5) is 12.0. The molecular weight excluding hydrogens is 305 g/mol. The Morgan fingerprint density at radius 2 is 2.11 bits per heavy atom.